The van der Waals surface area contributed by atoms with E-state index in [-0.39, 0.29) is 0 Å². The number of hydrogen-bond acceptors (Lipinski definition) is 1. The highest BCUT2D eigenvalue weighted by Crippen LogP contribution is 2.31. The highest BCUT2D eigenvalue weighted by molar-refractivity contribution is 5.91. The van der Waals surface area contributed by atoms with Crippen LogP contribution in [-0.4, -0.2) is 30.0 Å². The van der Waals surface area contributed by atoms with Crippen LogP contribution in [0, 0.1) is 13.8 Å². The maximum atomic E-state index is 3.66. The van der Waals surface area contributed by atoms with Crippen LogP contribution in [0.25, 0.3) is 22.2 Å². The maximum Gasteiger partial charge on any atom is 0.0498 e. The first kappa shape index (κ1) is 15.8. The fourth-order valence-electron chi connectivity index (χ4n) is 3.29. The molecular formula is C21H26N2. The van der Waals surface area contributed by atoms with Crippen molar-refractivity contribution in [3.05, 3.63) is 59.2 Å². The molecule has 3 aromatic rings. The van der Waals surface area contributed by atoms with Crippen LogP contribution in [0.15, 0.2) is 42.5 Å². The first-order valence-corrected chi connectivity index (χ1v) is 8.45. The molecule has 0 saturated carbocycles. The van der Waals surface area contributed by atoms with Gasteiger partial charge in [0.25, 0.3) is 0 Å². The second kappa shape index (κ2) is 6.59. The Balaban J connectivity index is 2.11. The zero-order chi connectivity index (χ0) is 16.4. The topological polar surface area (TPSA) is 19.0 Å². The molecule has 1 heterocycles. The smallest absolute Gasteiger partial charge is 0.0498 e. The number of hydrogen-bond donors (Lipinski definition) is 1. The minimum absolute atomic E-state index is 1.07. The third-order valence-electron chi connectivity index (χ3n) is 4.61. The minimum Gasteiger partial charge on any atom is -0.354 e. The summed E-state index contributed by atoms with van der Waals surface area (Å²) in [4.78, 5) is 6.03. The molecule has 0 radical (unpaired) electrons. The van der Waals surface area contributed by atoms with Gasteiger partial charge >= 0.3 is 0 Å². The van der Waals surface area contributed by atoms with Gasteiger partial charge in [0.15, 0.2) is 0 Å². The van der Waals surface area contributed by atoms with Crippen molar-refractivity contribution in [2.75, 3.05) is 20.1 Å². The van der Waals surface area contributed by atoms with Crippen molar-refractivity contribution >= 4 is 10.9 Å². The van der Waals surface area contributed by atoms with Crippen LogP contribution in [0.1, 0.15) is 23.6 Å². The van der Waals surface area contributed by atoms with Gasteiger partial charge in [-0.2, -0.15) is 0 Å². The van der Waals surface area contributed by atoms with E-state index < -0.39 is 0 Å². The van der Waals surface area contributed by atoms with Gasteiger partial charge in [0.1, 0.15) is 0 Å². The number of nitrogens with one attached hydrogen (secondary N) is 1. The van der Waals surface area contributed by atoms with E-state index in [4.69, 9.17) is 0 Å². The van der Waals surface area contributed by atoms with E-state index in [0.717, 1.165) is 19.5 Å². The number of para-hydroxylation sites is 1. The number of aromatic amines is 1. The molecule has 0 spiro atoms. The van der Waals surface area contributed by atoms with Crippen LogP contribution >= 0.6 is 0 Å². The summed E-state index contributed by atoms with van der Waals surface area (Å²) < 4.78 is 0. The standard InChI is InChI=1S/C21H26N2/c1-5-23(4)11-10-19-18-8-6-7-9-20(18)22-21(19)17-13-15(2)12-16(3)14-17/h6-9,12-14,22H,5,10-11H2,1-4H3. The van der Waals surface area contributed by atoms with Crippen molar-refractivity contribution in [3.63, 3.8) is 0 Å². The van der Waals surface area contributed by atoms with E-state index >= 15 is 0 Å². The van der Waals surface area contributed by atoms with Crippen LogP contribution in [0.3, 0.4) is 0 Å². The lowest BCUT2D eigenvalue weighted by atomic mass is 9.99. The molecule has 2 aromatic carbocycles. The van der Waals surface area contributed by atoms with E-state index in [1.807, 2.05) is 0 Å². The molecule has 0 fully saturated rings. The predicted molar refractivity (Wildman–Crippen MR) is 100 cm³/mol. The summed E-state index contributed by atoms with van der Waals surface area (Å²) in [6.45, 7) is 8.71. The van der Waals surface area contributed by atoms with E-state index in [0.29, 0.717) is 0 Å². The molecule has 0 unspecified atom stereocenters. The molecule has 0 aliphatic carbocycles. The number of aromatic nitrogens is 1. The van der Waals surface area contributed by atoms with Gasteiger partial charge in [0.05, 0.1) is 0 Å². The Labute approximate surface area is 139 Å². The lowest BCUT2D eigenvalue weighted by molar-refractivity contribution is 0.358. The minimum atomic E-state index is 1.07. The molecule has 0 aliphatic rings. The monoisotopic (exact) mass is 306 g/mol. The average molecular weight is 306 g/mol. The molecule has 1 N–H and O–H groups in total. The first-order valence-electron chi connectivity index (χ1n) is 8.45. The molecule has 0 saturated heterocycles. The van der Waals surface area contributed by atoms with Crippen LogP contribution in [0.5, 0.6) is 0 Å². The zero-order valence-electron chi connectivity index (χ0n) is 14.6. The van der Waals surface area contributed by atoms with Crippen LogP contribution in [0.2, 0.25) is 0 Å². The quantitative estimate of drug-likeness (QED) is 0.707. The van der Waals surface area contributed by atoms with Crippen LogP contribution < -0.4 is 0 Å². The second-order valence-corrected chi connectivity index (χ2v) is 6.55. The van der Waals surface area contributed by atoms with Crippen molar-refractivity contribution in [1.29, 1.82) is 0 Å². The summed E-state index contributed by atoms with van der Waals surface area (Å²) in [6.07, 6.45) is 1.07. The van der Waals surface area contributed by atoms with Gasteiger partial charge in [-0.1, -0.05) is 42.3 Å². The van der Waals surface area contributed by atoms with Crippen molar-refractivity contribution in [2.24, 2.45) is 0 Å². The van der Waals surface area contributed by atoms with Crippen molar-refractivity contribution in [1.82, 2.24) is 9.88 Å². The van der Waals surface area contributed by atoms with E-state index in [9.17, 15) is 0 Å². The third-order valence-corrected chi connectivity index (χ3v) is 4.61. The largest absolute Gasteiger partial charge is 0.354 e. The molecule has 1 aromatic heterocycles. The van der Waals surface area contributed by atoms with Gasteiger partial charge in [-0.3, -0.25) is 0 Å². The normalized spacial score (nSPS) is 11.5. The fourth-order valence-corrected chi connectivity index (χ4v) is 3.29. The third kappa shape index (κ3) is 3.32. The van der Waals surface area contributed by atoms with Gasteiger partial charge in [-0.05, 0) is 63.2 Å². The van der Waals surface area contributed by atoms with Crippen molar-refractivity contribution < 1.29 is 0 Å². The molecule has 120 valence electrons. The highest BCUT2D eigenvalue weighted by Gasteiger charge is 2.14. The number of nitrogens with zero attached hydrogens (tertiary/aromatic N) is 1. The molecule has 2 nitrogen and oxygen atoms in total. The number of aryl methyl sites for hydroxylation is 2. The Morgan fingerprint density at radius 3 is 2.39 bits per heavy atom. The number of likely N-dealkylation sites (N-methyl/N-ethyl adjacent to an activating group) is 1. The van der Waals surface area contributed by atoms with Crippen LogP contribution in [0.4, 0.5) is 0 Å². The predicted octanol–water partition coefficient (Wildman–Crippen LogP) is 4.95. The first-order chi connectivity index (χ1) is 11.1. The number of benzene rings is 2. The lowest BCUT2D eigenvalue weighted by Crippen LogP contribution is -2.20. The molecule has 0 aliphatic heterocycles. The summed E-state index contributed by atoms with van der Waals surface area (Å²) in [5.41, 5.74) is 7.88. The van der Waals surface area contributed by atoms with E-state index in [1.54, 1.807) is 0 Å². The van der Waals surface area contributed by atoms with Gasteiger partial charge < -0.3 is 9.88 Å². The summed E-state index contributed by atoms with van der Waals surface area (Å²) in [7, 11) is 2.19. The van der Waals surface area contributed by atoms with E-state index in [1.165, 1.54) is 38.9 Å². The summed E-state index contributed by atoms with van der Waals surface area (Å²) in [5.74, 6) is 0. The number of fused-ring (bicyclic) bond motifs is 1. The molecular weight excluding hydrogens is 280 g/mol. The van der Waals surface area contributed by atoms with Crippen molar-refractivity contribution in [3.8, 4) is 11.3 Å². The summed E-state index contributed by atoms with van der Waals surface area (Å²) in [5, 5.41) is 1.35. The van der Waals surface area contributed by atoms with Gasteiger partial charge in [0.2, 0.25) is 0 Å². The number of H-pyrrole nitrogens is 1. The Kier molecular flexibility index (Phi) is 4.53. The molecule has 2 heteroatoms. The van der Waals surface area contributed by atoms with Gasteiger partial charge in [-0.25, -0.2) is 0 Å². The average Bonchev–Trinajstić information content (AvgIpc) is 2.90. The van der Waals surface area contributed by atoms with Gasteiger partial charge in [-0.15, -0.1) is 0 Å². The Hall–Kier alpha value is -2.06. The maximum absolute atomic E-state index is 3.66. The zero-order valence-corrected chi connectivity index (χ0v) is 14.6. The molecule has 3 rings (SSSR count). The lowest BCUT2D eigenvalue weighted by Gasteiger charge is -2.14. The summed E-state index contributed by atoms with van der Waals surface area (Å²) >= 11 is 0. The fraction of sp³-hybridized carbons (Fsp3) is 0.333. The van der Waals surface area contributed by atoms with Crippen LogP contribution in [-0.2, 0) is 6.42 Å². The Morgan fingerprint density at radius 1 is 1.00 bits per heavy atom. The molecule has 0 atom stereocenters. The molecule has 0 bridgehead atoms. The molecule has 23 heavy (non-hydrogen) atoms. The Bertz CT molecular complexity index is 794. The van der Waals surface area contributed by atoms with Gasteiger partial charge in [0, 0.05) is 23.1 Å². The Morgan fingerprint density at radius 2 is 1.70 bits per heavy atom. The number of rotatable bonds is 5. The van der Waals surface area contributed by atoms with E-state index in [2.05, 4.69) is 80.2 Å². The van der Waals surface area contributed by atoms with Crippen molar-refractivity contribution in [2.45, 2.75) is 27.2 Å². The summed E-state index contributed by atoms with van der Waals surface area (Å²) in [6, 6.07) is 15.4. The molecule has 0 amide bonds. The highest BCUT2D eigenvalue weighted by atomic mass is 15.1. The SMILES string of the molecule is CCN(C)CCc1c(-c2cc(C)cc(C)c2)[nH]c2ccccc12. The second-order valence-electron chi connectivity index (χ2n) is 6.55.